The standard InChI is InChI=1S/C25H30N2O4S/c1-18-7-5-11-24(19(18)2)26-25(28)17-27(16-22-10-6-14-31-22)32(29,30)23-13-12-20-8-3-4-9-21(20)15-23/h3-5,7-9,11,15,22H,6,10,12-14,16-17H2,1-2H3,(H,26,28)/t22-/m0/s1. The number of anilines is 1. The number of benzene rings is 2. The molecule has 1 atom stereocenters. The number of aryl methyl sites for hydroxylation is 2. The molecular weight excluding hydrogens is 424 g/mol. The van der Waals surface area contributed by atoms with Crippen molar-refractivity contribution >= 4 is 27.7 Å². The molecule has 2 aliphatic rings. The van der Waals surface area contributed by atoms with Crippen molar-refractivity contribution in [2.45, 2.75) is 45.6 Å². The van der Waals surface area contributed by atoms with Gasteiger partial charge in [0.15, 0.2) is 0 Å². The van der Waals surface area contributed by atoms with Crippen molar-refractivity contribution in [1.82, 2.24) is 4.31 Å². The number of nitrogens with zero attached hydrogens (tertiary/aromatic N) is 1. The van der Waals surface area contributed by atoms with Crippen molar-refractivity contribution < 1.29 is 17.9 Å². The number of hydrogen-bond donors (Lipinski definition) is 1. The summed E-state index contributed by atoms with van der Waals surface area (Å²) in [6, 6.07) is 13.5. The highest BCUT2D eigenvalue weighted by molar-refractivity contribution is 7.93. The number of nitrogens with one attached hydrogen (secondary N) is 1. The lowest BCUT2D eigenvalue weighted by atomic mass is 9.98. The van der Waals surface area contributed by atoms with Crippen LogP contribution in [0.25, 0.3) is 6.08 Å². The van der Waals surface area contributed by atoms with Crippen molar-refractivity contribution in [2.24, 2.45) is 0 Å². The van der Waals surface area contributed by atoms with Crippen LogP contribution in [0.1, 0.15) is 41.5 Å². The predicted octanol–water partition coefficient (Wildman–Crippen LogP) is 4.04. The summed E-state index contributed by atoms with van der Waals surface area (Å²) >= 11 is 0. The van der Waals surface area contributed by atoms with Gasteiger partial charge in [0, 0.05) is 18.8 Å². The second-order valence-electron chi connectivity index (χ2n) is 8.54. The molecule has 1 fully saturated rings. The minimum atomic E-state index is -3.81. The van der Waals surface area contributed by atoms with Gasteiger partial charge in [-0.1, -0.05) is 36.4 Å². The first-order chi connectivity index (χ1) is 15.3. The highest BCUT2D eigenvalue weighted by atomic mass is 32.2. The quantitative estimate of drug-likeness (QED) is 0.685. The highest BCUT2D eigenvalue weighted by Crippen LogP contribution is 2.30. The van der Waals surface area contributed by atoms with Gasteiger partial charge in [0.05, 0.1) is 17.6 Å². The average molecular weight is 455 g/mol. The minimum absolute atomic E-state index is 0.182. The van der Waals surface area contributed by atoms with Crippen LogP contribution in [0.4, 0.5) is 5.69 Å². The smallest absolute Gasteiger partial charge is 0.239 e. The van der Waals surface area contributed by atoms with Crippen LogP contribution in [0.3, 0.4) is 0 Å². The Kier molecular flexibility index (Phi) is 6.79. The van der Waals surface area contributed by atoms with Crippen molar-refractivity contribution in [3.63, 3.8) is 0 Å². The summed E-state index contributed by atoms with van der Waals surface area (Å²) in [5.41, 5.74) is 4.81. The molecule has 7 heteroatoms. The molecule has 2 aromatic rings. The number of allylic oxidation sites excluding steroid dienone is 1. The maximum atomic E-state index is 13.6. The van der Waals surface area contributed by atoms with Crippen LogP contribution in [0, 0.1) is 13.8 Å². The molecule has 1 heterocycles. The lowest BCUT2D eigenvalue weighted by Crippen LogP contribution is -2.43. The Morgan fingerprint density at radius 1 is 1.12 bits per heavy atom. The largest absolute Gasteiger partial charge is 0.377 e. The molecule has 0 spiro atoms. The van der Waals surface area contributed by atoms with Crippen LogP contribution >= 0.6 is 0 Å². The first-order valence-electron chi connectivity index (χ1n) is 11.1. The molecule has 1 N–H and O–H groups in total. The first kappa shape index (κ1) is 22.7. The number of carbonyl (C=O) groups is 1. The Labute approximate surface area is 190 Å². The molecule has 0 radical (unpaired) electrons. The Bertz CT molecular complexity index is 1130. The molecule has 4 rings (SSSR count). The van der Waals surface area contributed by atoms with Crippen LogP contribution in [-0.2, 0) is 26.0 Å². The Morgan fingerprint density at radius 3 is 2.72 bits per heavy atom. The van der Waals surface area contributed by atoms with Gasteiger partial charge in [0.1, 0.15) is 0 Å². The van der Waals surface area contributed by atoms with Crippen molar-refractivity contribution in [3.8, 4) is 0 Å². The monoisotopic (exact) mass is 454 g/mol. The van der Waals surface area contributed by atoms with Crippen LogP contribution in [0.15, 0.2) is 47.4 Å². The fourth-order valence-electron chi connectivity index (χ4n) is 4.27. The fraction of sp³-hybridized carbons (Fsp3) is 0.400. The molecule has 0 aromatic heterocycles. The zero-order chi connectivity index (χ0) is 22.7. The topological polar surface area (TPSA) is 75.7 Å². The van der Waals surface area contributed by atoms with Gasteiger partial charge in [-0.25, -0.2) is 8.42 Å². The number of fused-ring (bicyclic) bond motifs is 1. The summed E-state index contributed by atoms with van der Waals surface area (Å²) in [6.45, 7) is 4.49. The lowest BCUT2D eigenvalue weighted by molar-refractivity contribution is -0.116. The molecule has 1 aliphatic heterocycles. The molecule has 0 unspecified atom stereocenters. The van der Waals surface area contributed by atoms with Crippen molar-refractivity contribution in [2.75, 3.05) is 25.0 Å². The lowest BCUT2D eigenvalue weighted by Gasteiger charge is -2.27. The number of carbonyl (C=O) groups excluding carboxylic acids is 1. The maximum Gasteiger partial charge on any atom is 0.239 e. The molecule has 0 saturated carbocycles. The van der Waals surface area contributed by atoms with E-state index in [4.69, 9.17) is 4.74 Å². The second-order valence-corrected chi connectivity index (χ2v) is 10.5. The molecule has 2 aromatic carbocycles. The fourth-order valence-corrected chi connectivity index (χ4v) is 5.89. The van der Waals surface area contributed by atoms with E-state index in [0.29, 0.717) is 30.0 Å². The summed E-state index contributed by atoms with van der Waals surface area (Å²) in [5.74, 6) is -0.350. The third-order valence-electron chi connectivity index (χ3n) is 6.31. The number of sulfonamides is 1. The van der Waals surface area contributed by atoms with Gasteiger partial charge >= 0.3 is 0 Å². The van der Waals surface area contributed by atoms with Crippen LogP contribution in [-0.4, -0.2) is 44.4 Å². The third-order valence-corrected chi connectivity index (χ3v) is 8.26. The molecule has 32 heavy (non-hydrogen) atoms. The van der Waals surface area contributed by atoms with Crippen LogP contribution < -0.4 is 5.32 Å². The number of hydrogen-bond acceptors (Lipinski definition) is 4. The van der Waals surface area contributed by atoms with E-state index in [1.165, 1.54) is 4.31 Å². The summed E-state index contributed by atoms with van der Waals surface area (Å²) in [6.07, 6.45) is 4.37. The van der Waals surface area contributed by atoms with E-state index in [0.717, 1.165) is 35.1 Å². The Balaban J connectivity index is 1.58. The first-order valence-corrected chi connectivity index (χ1v) is 12.5. The average Bonchev–Trinajstić information content (AvgIpc) is 3.29. The summed E-state index contributed by atoms with van der Waals surface area (Å²) < 4.78 is 34.2. The van der Waals surface area contributed by atoms with Gasteiger partial charge < -0.3 is 10.1 Å². The number of amides is 1. The summed E-state index contributed by atoms with van der Waals surface area (Å²) in [5, 5.41) is 2.89. The van der Waals surface area contributed by atoms with Crippen molar-refractivity contribution in [3.05, 3.63) is 69.6 Å². The van der Waals surface area contributed by atoms with Crippen LogP contribution in [0.2, 0.25) is 0 Å². The molecule has 6 nitrogen and oxygen atoms in total. The SMILES string of the molecule is Cc1cccc(NC(=O)CN(C[C@@H]2CCCO2)S(=O)(=O)C2=Cc3ccccc3CC2)c1C. The Morgan fingerprint density at radius 2 is 1.94 bits per heavy atom. The Hall–Kier alpha value is -2.48. The van der Waals surface area contributed by atoms with Gasteiger partial charge in [-0.15, -0.1) is 0 Å². The molecular formula is C25H30N2O4S. The van der Waals surface area contributed by atoms with E-state index in [1.807, 2.05) is 56.3 Å². The van der Waals surface area contributed by atoms with E-state index in [2.05, 4.69) is 5.32 Å². The zero-order valence-electron chi connectivity index (χ0n) is 18.6. The minimum Gasteiger partial charge on any atom is -0.377 e. The predicted molar refractivity (Wildman–Crippen MR) is 127 cm³/mol. The van der Waals surface area contributed by atoms with E-state index in [9.17, 15) is 13.2 Å². The van der Waals surface area contributed by atoms with E-state index in [1.54, 1.807) is 6.08 Å². The molecule has 1 saturated heterocycles. The normalized spacial score (nSPS) is 18.3. The third kappa shape index (κ3) is 4.95. The maximum absolute atomic E-state index is 13.6. The van der Waals surface area contributed by atoms with Gasteiger partial charge in [-0.05, 0) is 73.9 Å². The van der Waals surface area contributed by atoms with E-state index < -0.39 is 10.0 Å². The second kappa shape index (κ2) is 9.57. The van der Waals surface area contributed by atoms with Crippen molar-refractivity contribution in [1.29, 1.82) is 0 Å². The highest BCUT2D eigenvalue weighted by Gasteiger charge is 2.33. The van der Waals surface area contributed by atoms with Gasteiger partial charge in [-0.2, -0.15) is 4.31 Å². The summed E-state index contributed by atoms with van der Waals surface area (Å²) in [4.78, 5) is 13.3. The van der Waals surface area contributed by atoms with Gasteiger partial charge in [-0.3, -0.25) is 4.79 Å². The molecule has 170 valence electrons. The van der Waals surface area contributed by atoms with E-state index in [-0.39, 0.29) is 25.1 Å². The van der Waals surface area contributed by atoms with E-state index >= 15 is 0 Å². The van der Waals surface area contributed by atoms with Gasteiger partial charge in [0.25, 0.3) is 0 Å². The molecule has 1 aliphatic carbocycles. The van der Waals surface area contributed by atoms with Gasteiger partial charge in [0.2, 0.25) is 15.9 Å². The molecule has 0 bridgehead atoms. The summed E-state index contributed by atoms with van der Waals surface area (Å²) in [7, 11) is -3.81. The van der Waals surface area contributed by atoms with Crippen LogP contribution in [0.5, 0.6) is 0 Å². The number of ether oxygens (including phenoxy) is 1. The number of rotatable bonds is 7. The molecule has 1 amide bonds. The zero-order valence-corrected chi connectivity index (χ0v) is 19.5.